The van der Waals surface area contributed by atoms with Gasteiger partial charge in [-0.3, -0.25) is 4.79 Å². The lowest BCUT2D eigenvalue weighted by Crippen LogP contribution is -2.04. The van der Waals surface area contributed by atoms with Gasteiger partial charge in [0, 0.05) is 0 Å². The molecule has 0 radical (unpaired) electrons. The summed E-state index contributed by atoms with van der Waals surface area (Å²) >= 11 is 0. The first-order chi connectivity index (χ1) is 7.65. The number of carbonyl (C=O) groups is 1. The third-order valence-electron chi connectivity index (χ3n) is 2.83. The summed E-state index contributed by atoms with van der Waals surface area (Å²) in [5, 5.41) is 4.26. The molecule has 0 amide bonds. The summed E-state index contributed by atoms with van der Waals surface area (Å²) in [6.07, 6.45) is 2.45. The number of aryl methyl sites for hydroxylation is 2. The minimum atomic E-state index is 0.641. The fourth-order valence-corrected chi connectivity index (χ4v) is 1.90. The number of nitrogens with zero attached hydrogens (tertiary/aromatic N) is 2. The van der Waals surface area contributed by atoms with Gasteiger partial charge in [-0.15, -0.1) is 0 Å². The van der Waals surface area contributed by atoms with Gasteiger partial charge in [-0.2, -0.15) is 5.10 Å². The van der Waals surface area contributed by atoms with Gasteiger partial charge in [-0.25, -0.2) is 4.68 Å². The Balaban J connectivity index is 2.67. The van der Waals surface area contributed by atoms with Crippen molar-refractivity contribution in [3.05, 3.63) is 46.8 Å². The molecule has 82 valence electrons. The second kappa shape index (κ2) is 3.93. The Morgan fingerprint density at radius 3 is 2.31 bits per heavy atom. The monoisotopic (exact) mass is 214 g/mol. The van der Waals surface area contributed by atoms with Crippen molar-refractivity contribution >= 4 is 6.29 Å². The van der Waals surface area contributed by atoms with E-state index in [-0.39, 0.29) is 0 Å². The van der Waals surface area contributed by atoms with E-state index < -0.39 is 0 Å². The van der Waals surface area contributed by atoms with Crippen LogP contribution in [-0.2, 0) is 0 Å². The van der Waals surface area contributed by atoms with E-state index in [0.29, 0.717) is 5.56 Å². The number of aldehydes is 1. The molecule has 0 unspecified atom stereocenters. The normalized spacial score (nSPS) is 10.4. The topological polar surface area (TPSA) is 34.9 Å². The lowest BCUT2D eigenvalue weighted by Gasteiger charge is -2.11. The summed E-state index contributed by atoms with van der Waals surface area (Å²) in [4.78, 5) is 10.8. The van der Waals surface area contributed by atoms with Gasteiger partial charge >= 0.3 is 0 Å². The standard InChI is InChI=1S/C13H14N2O/c1-9-5-4-6-10(2)13(9)15-11(3)12(8-16)7-14-15/h4-8H,1-3H3. The Kier molecular flexibility index (Phi) is 2.60. The molecule has 0 spiro atoms. The summed E-state index contributed by atoms with van der Waals surface area (Å²) in [6.45, 7) is 6.00. The molecular weight excluding hydrogens is 200 g/mol. The quantitative estimate of drug-likeness (QED) is 0.720. The van der Waals surface area contributed by atoms with Crippen LogP contribution in [0, 0.1) is 20.8 Å². The molecule has 0 aliphatic carbocycles. The number of hydrogen-bond acceptors (Lipinski definition) is 2. The molecule has 1 heterocycles. The van der Waals surface area contributed by atoms with Crippen molar-refractivity contribution < 1.29 is 4.79 Å². The third-order valence-corrected chi connectivity index (χ3v) is 2.83. The number of aromatic nitrogens is 2. The largest absolute Gasteiger partial charge is 0.298 e. The van der Waals surface area contributed by atoms with Gasteiger partial charge in [-0.05, 0) is 31.9 Å². The molecule has 3 heteroatoms. The number of benzene rings is 1. The summed E-state index contributed by atoms with van der Waals surface area (Å²) in [5.41, 5.74) is 4.90. The molecule has 1 aromatic heterocycles. The fourth-order valence-electron chi connectivity index (χ4n) is 1.90. The van der Waals surface area contributed by atoms with Crippen LogP contribution < -0.4 is 0 Å². The van der Waals surface area contributed by atoms with E-state index in [0.717, 1.165) is 28.8 Å². The average molecular weight is 214 g/mol. The highest BCUT2D eigenvalue weighted by atomic mass is 16.1. The van der Waals surface area contributed by atoms with Crippen LogP contribution >= 0.6 is 0 Å². The van der Waals surface area contributed by atoms with Crippen molar-refractivity contribution in [3.63, 3.8) is 0 Å². The Morgan fingerprint density at radius 2 is 1.81 bits per heavy atom. The molecular formula is C13H14N2O. The van der Waals surface area contributed by atoms with Gasteiger partial charge in [0.1, 0.15) is 0 Å². The maximum absolute atomic E-state index is 10.8. The Hall–Kier alpha value is -1.90. The summed E-state index contributed by atoms with van der Waals surface area (Å²) in [5.74, 6) is 0. The lowest BCUT2D eigenvalue weighted by molar-refractivity contribution is 0.112. The molecule has 0 saturated carbocycles. The van der Waals surface area contributed by atoms with E-state index in [1.807, 2.05) is 43.7 Å². The van der Waals surface area contributed by atoms with Crippen LogP contribution in [-0.4, -0.2) is 16.1 Å². The zero-order valence-electron chi connectivity index (χ0n) is 9.69. The van der Waals surface area contributed by atoms with E-state index in [4.69, 9.17) is 0 Å². The summed E-state index contributed by atoms with van der Waals surface area (Å²) in [6, 6.07) is 6.11. The second-order valence-corrected chi connectivity index (χ2v) is 3.96. The molecule has 2 rings (SSSR count). The van der Waals surface area contributed by atoms with E-state index in [1.54, 1.807) is 6.20 Å². The van der Waals surface area contributed by atoms with E-state index in [1.165, 1.54) is 0 Å². The van der Waals surface area contributed by atoms with Gasteiger partial charge in [0.25, 0.3) is 0 Å². The van der Waals surface area contributed by atoms with E-state index in [9.17, 15) is 4.79 Å². The Morgan fingerprint density at radius 1 is 1.19 bits per heavy atom. The van der Waals surface area contributed by atoms with Gasteiger partial charge in [0.05, 0.1) is 23.1 Å². The maximum atomic E-state index is 10.8. The molecule has 0 aliphatic heterocycles. The lowest BCUT2D eigenvalue weighted by atomic mass is 10.1. The first kappa shape index (κ1) is 10.6. The smallest absolute Gasteiger partial charge is 0.153 e. The van der Waals surface area contributed by atoms with E-state index >= 15 is 0 Å². The zero-order valence-corrected chi connectivity index (χ0v) is 9.69. The molecule has 0 aliphatic rings. The number of para-hydroxylation sites is 1. The minimum absolute atomic E-state index is 0.641. The number of carbonyl (C=O) groups excluding carboxylic acids is 1. The van der Waals surface area contributed by atoms with Crippen molar-refractivity contribution in [2.45, 2.75) is 20.8 Å². The summed E-state index contributed by atoms with van der Waals surface area (Å²) < 4.78 is 1.83. The van der Waals surface area contributed by atoms with Gasteiger partial charge in [0.15, 0.2) is 6.29 Å². The molecule has 0 atom stereocenters. The van der Waals surface area contributed by atoms with Crippen LogP contribution in [0.1, 0.15) is 27.2 Å². The molecule has 0 fully saturated rings. The number of rotatable bonds is 2. The zero-order chi connectivity index (χ0) is 11.7. The Labute approximate surface area is 94.7 Å². The molecule has 2 aromatic rings. The maximum Gasteiger partial charge on any atom is 0.153 e. The van der Waals surface area contributed by atoms with Crippen molar-refractivity contribution in [1.82, 2.24) is 9.78 Å². The van der Waals surface area contributed by atoms with Crippen LogP contribution in [0.2, 0.25) is 0 Å². The first-order valence-corrected chi connectivity index (χ1v) is 5.21. The second-order valence-electron chi connectivity index (χ2n) is 3.96. The van der Waals surface area contributed by atoms with Crippen LogP contribution in [0.3, 0.4) is 0 Å². The first-order valence-electron chi connectivity index (χ1n) is 5.21. The van der Waals surface area contributed by atoms with Crippen LogP contribution in [0.4, 0.5) is 0 Å². The van der Waals surface area contributed by atoms with E-state index in [2.05, 4.69) is 5.10 Å². The summed E-state index contributed by atoms with van der Waals surface area (Å²) in [7, 11) is 0. The van der Waals surface area contributed by atoms with Crippen molar-refractivity contribution in [2.75, 3.05) is 0 Å². The predicted molar refractivity (Wildman–Crippen MR) is 63.2 cm³/mol. The average Bonchev–Trinajstić information content (AvgIpc) is 2.60. The third kappa shape index (κ3) is 1.54. The molecule has 1 aromatic carbocycles. The van der Waals surface area contributed by atoms with Crippen LogP contribution in [0.25, 0.3) is 5.69 Å². The molecule has 3 nitrogen and oxygen atoms in total. The van der Waals surface area contributed by atoms with Crippen molar-refractivity contribution in [3.8, 4) is 5.69 Å². The predicted octanol–water partition coefficient (Wildman–Crippen LogP) is 2.61. The SMILES string of the molecule is Cc1cccc(C)c1-n1ncc(C=O)c1C. The minimum Gasteiger partial charge on any atom is -0.298 e. The fraction of sp³-hybridized carbons (Fsp3) is 0.231. The highest BCUT2D eigenvalue weighted by Gasteiger charge is 2.10. The molecule has 0 saturated heterocycles. The van der Waals surface area contributed by atoms with Gasteiger partial charge in [-0.1, -0.05) is 18.2 Å². The van der Waals surface area contributed by atoms with Gasteiger partial charge < -0.3 is 0 Å². The molecule has 16 heavy (non-hydrogen) atoms. The number of hydrogen-bond donors (Lipinski definition) is 0. The van der Waals surface area contributed by atoms with Crippen LogP contribution in [0.15, 0.2) is 24.4 Å². The van der Waals surface area contributed by atoms with Crippen LogP contribution in [0.5, 0.6) is 0 Å². The Bertz CT molecular complexity index is 521. The molecule has 0 N–H and O–H groups in total. The molecule has 0 bridgehead atoms. The highest BCUT2D eigenvalue weighted by molar-refractivity contribution is 5.76. The van der Waals surface area contributed by atoms with Gasteiger partial charge in [0.2, 0.25) is 0 Å². The highest BCUT2D eigenvalue weighted by Crippen LogP contribution is 2.20. The van der Waals surface area contributed by atoms with Crippen molar-refractivity contribution in [1.29, 1.82) is 0 Å². The van der Waals surface area contributed by atoms with Crippen molar-refractivity contribution in [2.24, 2.45) is 0 Å².